The summed E-state index contributed by atoms with van der Waals surface area (Å²) >= 11 is 0. The maximum absolute atomic E-state index is 13.3. The van der Waals surface area contributed by atoms with E-state index in [-0.39, 0.29) is 12.4 Å². The Bertz CT molecular complexity index is 1120. The van der Waals surface area contributed by atoms with Crippen molar-refractivity contribution in [2.75, 3.05) is 20.8 Å². The van der Waals surface area contributed by atoms with Crippen LogP contribution in [-0.4, -0.2) is 32.6 Å². The number of rotatable bonds is 7. The molecule has 0 bridgehead atoms. The van der Waals surface area contributed by atoms with Gasteiger partial charge in [0, 0.05) is 0 Å². The summed E-state index contributed by atoms with van der Waals surface area (Å²) in [5, 5.41) is 0. The molecule has 0 fully saturated rings. The van der Waals surface area contributed by atoms with Gasteiger partial charge in [-0.25, -0.2) is 4.79 Å². The van der Waals surface area contributed by atoms with Crippen LogP contribution >= 0.6 is 0 Å². The van der Waals surface area contributed by atoms with Crippen LogP contribution in [0.25, 0.3) is 0 Å². The van der Waals surface area contributed by atoms with Gasteiger partial charge in [0.25, 0.3) is 0 Å². The fraction of sp³-hybridized carbons (Fsp3) is 0.231. The number of carbonyl (C=O) groups excluding carboxylic acids is 2. The second kappa shape index (κ2) is 9.56. The number of esters is 1. The molecular formula is C26H24O6. The zero-order chi connectivity index (χ0) is 22.5. The van der Waals surface area contributed by atoms with E-state index in [0.29, 0.717) is 41.4 Å². The van der Waals surface area contributed by atoms with Gasteiger partial charge in [-0.1, -0.05) is 30.3 Å². The minimum atomic E-state index is -0.439. The first kappa shape index (κ1) is 21.4. The SMILES string of the molecule is COC(=O)c1ccc(OC)c(CC2COc3ccc(OCc4ccccc4)cc3C2=O)c1. The predicted octanol–water partition coefficient (Wildman–Crippen LogP) is 4.49. The molecule has 0 saturated heterocycles. The van der Waals surface area contributed by atoms with Crippen molar-refractivity contribution in [3.8, 4) is 17.2 Å². The third-order valence-electron chi connectivity index (χ3n) is 5.44. The second-order valence-electron chi connectivity index (χ2n) is 7.53. The fourth-order valence-electron chi connectivity index (χ4n) is 3.74. The molecule has 0 aliphatic carbocycles. The van der Waals surface area contributed by atoms with E-state index < -0.39 is 11.9 Å². The van der Waals surface area contributed by atoms with Crippen LogP contribution in [-0.2, 0) is 17.8 Å². The molecule has 4 rings (SSSR count). The van der Waals surface area contributed by atoms with Gasteiger partial charge in [0.1, 0.15) is 23.9 Å². The molecular weight excluding hydrogens is 408 g/mol. The first-order valence-corrected chi connectivity index (χ1v) is 10.3. The van der Waals surface area contributed by atoms with Crippen molar-refractivity contribution in [2.45, 2.75) is 13.0 Å². The lowest BCUT2D eigenvalue weighted by atomic mass is 9.88. The van der Waals surface area contributed by atoms with Crippen LogP contribution < -0.4 is 14.2 Å². The third kappa shape index (κ3) is 4.59. The van der Waals surface area contributed by atoms with E-state index in [4.69, 9.17) is 18.9 Å². The number of methoxy groups -OCH3 is 2. The first-order chi connectivity index (χ1) is 15.6. The van der Waals surface area contributed by atoms with Crippen LogP contribution in [0.3, 0.4) is 0 Å². The van der Waals surface area contributed by atoms with Gasteiger partial charge in [-0.2, -0.15) is 0 Å². The Morgan fingerprint density at radius 1 is 1.03 bits per heavy atom. The van der Waals surface area contributed by atoms with Crippen LogP contribution in [0.15, 0.2) is 66.7 Å². The molecule has 1 aliphatic rings. The summed E-state index contributed by atoms with van der Waals surface area (Å²) in [4.78, 5) is 25.2. The van der Waals surface area contributed by atoms with Gasteiger partial charge in [-0.05, 0) is 53.9 Å². The average molecular weight is 432 g/mol. The minimum Gasteiger partial charge on any atom is -0.496 e. The Morgan fingerprint density at radius 3 is 2.59 bits per heavy atom. The topological polar surface area (TPSA) is 71.1 Å². The van der Waals surface area contributed by atoms with E-state index in [2.05, 4.69) is 0 Å². The summed E-state index contributed by atoms with van der Waals surface area (Å²) in [6.07, 6.45) is 0.376. The van der Waals surface area contributed by atoms with E-state index in [9.17, 15) is 9.59 Å². The zero-order valence-electron chi connectivity index (χ0n) is 18.0. The molecule has 0 N–H and O–H groups in total. The Hall–Kier alpha value is -3.80. The number of carbonyl (C=O) groups is 2. The lowest BCUT2D eigenvalue weighted by molar-refractivity contribution is 0.0600. The van der Waals surface area contributed by atoms with Gasteiger partial charge < -0.3 is 18.9 Å². The molecule has 0 amide bonds. The van der Waals surface area contributed by atoms with Crippen molar-refractivity contribution < 1.29 is 28.5 Å². The van der Waals surface area contributed by atoms with E-state index in [1.165, 1.54) is 7.11 Å². The van der Waals surface area contributed by atoms with Crippen molar-refractivity contribution in [3.05, 3.63) is 89.0 Å². The van der Waals surface area contributed by atoms with Gasteiger partial charge in [0.2, 0.25) is 0 Å². The fourth-order valence-corrected chi connectivity index (χ4v) is 3.74. The lowest BCUT2D eigenvalue weighted by Gasteiger charge is -2.25. The highest BCUT2D eigenvalue weighted by atomic mass is 16.5. The summed E-state index contributed by atoms with van der Waals surface area (Å²) < 4.78 is 22.0. The Morgan fingerprint density at radius 2 is 1.84 bits per heavy atom. The molecule has 1 atom stereocenters. The van der Waals surface area contributed by atoms with Crippen LogP contribution in [0.1, 0.15) is 31.8 Å². The molecule has 32 heavy (non-hydrogen) atoms. The smallest absolute Gasteiger partial charge is 0.337 e. The Balaban J connectivity index is 1.52. The lowest BCUT2D eigenvalue weighted by Crippen LogP contribution is -2.29. The summed E-state index contributed by atoms with van der Waals surface area (Å²) in [6.45, 7) is 0.664. The standard InChI is InChI=1S/C26H24O6/c1-29-23-10-8-18(26(28)30-2)12-19(23)13-20-16-32-24-11-9-21(14-22(24)25(20)27)31-15-17-6-4-3-5-7-17/h3-12,14,20H,13,15-16H2,1-2H3. The Kier molecular flexibility index (Phi) is 6.40. The minimum absolute atomic E-state index is 0.0260. The van der Waals surface area contributed by atoms with Gasteiger partial charge in [0.15, 0.2) is 5.78 Å². The number of benzene rings is 3. The van der Waals surface area contributed by atoms with Crippen molar-refractivity contribution in [2.24, 2.45) is 5.92 Å². The number of Topliss-reactive ketones (excluding diaryl/α,β-unsaturated/α-hetero) is 1. The normalized spacial score (nSPS) is 14.8. The molecule has 6 heteroatoms. The summed E-state index contributed by atoms with van der Waals surface area (Å²) in [7, 11) is 2.89. The first-order valence-electron chi connectivity index (χ1n) is 10.3. The number of hydrogen-bond acceptors (Lipinski definition) is 6. The number of fused-ring (bicyclic) bond motifs is 1. The maximum Gasteiger partial charge on any atom is 0.337 e. The highest BCUT2D eigenvalue weighted by Crippen LogP contribution is 2.33. The molecule has 3 aromatic carbocycles. The largest absolute Gasteiger partial charge is 0.496 e. The summed E-state index contributed by atoms with van der Waals surface area (Å²) in [5.74, 6) is 0.890. The molecule has 3 aromatic rings. The monoisotopic (exact) mass is 432 g/mol. The van der Waals surface area contributed by atoms with Crippen molar-refractivity contribution in [1.29, 1.82) is 0 Å². The van der Waals surface area contributed by atoms with Crippen molar-refractivity contribution in [3.63, 3.8) is 0 Å². The molecule has 1 aliphatic heterocycles. The van der Waals surface area contributed by atoms with Gasteiger partial charge in [-0.3, -0.25) is 4.79 Å². The summed E-state index contributed by atoms with van der Waals surface area (Å²) in [6, 6.07) is 20.2. The third-order valence-corrected chi connectivity index (χ3v) is 5.44. The van der Waals surface area contributed by atoms with Gasteiger partial charge >= 0.3 is 5.97 Å². The van der Waals surface area contributed by atoms with Crippen LogP contribution in [0.5, 0.6) is 17.2 Å². The molecule has 1 heterocycles. The highest BCUT2D eigenvalue weighted by molar-refractivity contribution is 6.02. The maximum atomic E-state index is 13.3. The van der Waals surface area contributed by atoms with Crippen molar-refractivity contribution in [1.82, 2.24) is 0 Å². The van der Waals surface area contributed by atoms with Crippen molar-refractivity contribution >= 4 is 11.8 Å². The number of ether oxygens (including phenoxy) is 4. The zero-order valence-corrected chi connectivity index (χ0v) is 18.0. The van der Waals surface area contributed by atoms with E-state index >= 15 is 0 Å². The molecule has 0 saturated carbocycles. The summed E-state index contributed by atoms with van der Waals surface area (Å²) in [5.41, 5.74) is 2.69. The molecule has 6 nitrogen and oxygen atoms in total. The number of ketones is 1. The average Bonchev–Trinajstić information content (AvgIpc) is 2.84. The molecule has 0 aromatic heterocycles. The van der Waals surface area contributed by atoms with Crippen LogP contribution in [0.4, 0.5) is 0 Å². The van der Waals surface area contributed by atoms with Crippen LogP contribution in [0.2, 0.25) is 0 Å². The van der Waals surface area contributed by atoms with E-state index in [1.54, 1.807) is 43.5 Å². The second-order valence-corrected chi connectivity index (χ2v) is 7.53. The van der Waals surface area contributed by atoms with E-state index in [0.717, 1.165) is 11.1 Å². The Labute approximate surface area is 186 Å². The van der Waals surface area contributed by atoms with E-state index in [1.807, 2.05) is 30.3 Å². The molecule has 1 unspecified atom stereocenters. The predicted molar refractivity (Wildman–Crippen MR) is 119 cm³/mol. The number of hydrogen-bond donors (Lipinski definition) is 0. The molecule has 0 spiro atoms. The molecule has 164 valence electrons. The van der Waals surface area contributed by atoms with Gasteiger partial charge in [-0.15, -0.1) is 0 Å². The highest BCUT2D eigenvalue weighted by Gasteiger charge is 2.30. The van der Waals surface area contributed by atoms with Gasteiger partial charge in [0.05, 0.1) is 37.9 Å². The quantitative estimate of drug-likeness (QED) is 0.512. The molecule has 0 radical (unpaired) electrons. The van der Waals surface area contributed by atoms with Crippen LogP contribution in [0, 0.1) is 5.92 Å².